The van der Waals surface area contributed by atoms with Crippen molar-refractivity contribution in [2.24, 2.45) is 5.92 Å². The molecule has 1 aromatic rings. The molecule has 0 aromatic heterocycles. The summed E-state index contributed by atoms with van der Waals surface area (Å²) in [6.45, 7) is 10.9. The Labute approximate surface area is 156 Å². The number of esters is 1. The first-order chi connectivity index (χ1) is 12.0. The van der Waals surface area contributed by atoms with Gasteiger partial charge in [0.15, 0.2) is 0 Å². The van der Waals surface area contributed by atoms with Crippen molar-refractivity contribution in [3.05, 3.63) is 29.3 Å². The Morgan fingerprint density at radius 2 is 1.96 bits per heavy atom. The molecule has 0 unspecified atom stereocenters. The van der Waals surface area contributed by atoms with Crippen molar-refractivity contribution in [2.75, 3.05) is 19.7 Å². The monoisotopic (exact) mass is 367 g/mol. The van der Waals surface area contributed by atoms with Gasteiger partial charge in [0.1, 0.15) is 11.9 Å². The fraction of sp³-hybridized carbons (Fsp3) is 0.650. The third kappa shape index (κ3) is 4.68. The molecule has 0 radical (unpaired) electrons. The SMILES string of the molecule is CCOC(=O)c1ccc(O[C@H]2CC[C@H](C)[C@@H]2N(CC)CC)cc1CCl. The summed E-state index contributed by atoms with van der Waals surface area (Å²) in [5.74, 6) is 1.32. The summed E-state index contributed by atoms with van der Waals surface area (Å²) in [4.78, 5) is 14.5. The first-order valence-corrected chi connectivity index (χ1v) is 9.85. The number of benzene rings is 1. The van der Waals surface area contributed by atoms with Crippen LogP contribution in [0.3, 0.4) is 0 Å². The highest BCUT2D eigenvalue weighted by Crippen LogP contribution is 2.33. The molecule has 3 atom stereocenters. The highest BCUT2D eigenvalue weighted by molar-refractivity contribution is 6.17. The molecule has 5 heteroatoms. The molecule has 1 fully saturated rings. The summed E-state index contributed by atoms with van der Waals surface area (Å²) in [7, 11) is 0. The van der Waals surface area contributed by atoms with Crippen LogP contribution in [0.1, 0.15) is 56.5 Å². The van der Waals surface area contributed by atoms with Gasteiger partial charge in [0.05, 0.1) is 12.2 Å². The molecule has 1 saturated carbocycles. The molecule has 0 heterocycles. The fourth-order valence-corrected chi connectivity index (χ4v) is 4.06. The zero-order valence-electron chi connectivity index (χ0n) is 15.8. The smallest absolute Gasteiger partial charge is 0.338 e. The van der Waals surface area contributed by atoms with Crippen LogP contribution in [0, 0.1) is 5.92 Å². The second-order valence-electron chi connectivity index (χ2n) is 6.60. The van der Waals surface area contributed by atoms with Crippen LogP contribution in [-0.4, -0.2) is 42.7 Å². The van der Waals surface area contributed by atoms with Crippen LogP contribution in [0.15, 0.2) is 18.2 Å². The van der Waals surface area contributed by atoms with Crippen LogP contribution >= 0.6 is 11.6 Å². The number of carbonyl (C=O) groups excluding carboxylic acids is 1. The molecule has 1 aliphatic rings. The lowest BCUT2D eigenvalue weighted by atomic mass is 10.0. The normalized spacial score (nSPS) is 23.0. The minimum atomic E-state index is -0.333. The first-order valence-electron chi connectivity index (χ1n) is 9.32. The van der Waals surface area contributed by atoms with Crippen molar-refractivity contribution in [3.8, 4) is 5.75 Å². The van der Waals surface area contributed by atoms with E-state index >= 15 is 0 Å². The van der Waals surface area contributed by atoms with Gasteiger partial charge < -0.3 is 9.47 Å². The Morgan fingerprint density at radius 3 is 2.56 bits per heavy atom. The van der Waals surface area contributed by atoms with Crippen molar-refractivity contribution in [2.45, 2.75) is 58.6 Å². The second kappa shape index (κ2) is 9.44. The van der Waals surface area contributed by atoms with Crippen LogP contribution in [0.5, 0.6) is 5.75 Å². The average Bonchev–Trinajstić information content (AvgIpc) is 2.97. The van der Waals surface area contributed by atoms with Gasteiger partial charge in [0, 0.05) is 11.9 Å². The third-order valence-corrected chi connectivity index (χ3v) is 5.40. The molecule has 0 bridgehead atoms. The van der Waals surface area contributed by atoms with E-state index < -0.39 is 0 Å². The first kappa shape index (κ1) is 20.1. The van der Waals surface area contributed by atoms with E-state index in [-0.39, 0.29) is 18.0 Å². The maximum Gasteiger partial charge on any atom is 0.338 e. The van der Waals surface area contributed by atoms with Crippen molar-refractivity contribution in [1.82, 2.24) is 4.90 Å². The molecule has 0 aliphatic heterocycles. The second-order valence-corrected chi connectivity index (χ2v) is 6.86. The quantitative estimate of drug-likeness (QED) is 0.501. The summed E-state index contributed by atoms with van der Waals surface area (Å²) in [5.41, 5.74) is 1.27. The lowest BCUT2D eigenvalue weighted by molar-refractivity contribution is 0.0525. The minimum Gasteiger partial charge on any atom is -0.489 e. The van der Waals surface area contributed by atoms with Crippen LogP contribution in [0.4, 0.5) is 0 Å². The van der Waals surface area contributed by atoms with Crippen molar-refractivity contribution >= 4 is 17.6 Å². The Morgan fingerprint density at radius 1 is 1.24 bits per heavy atom. The highest BCUT2D eigenvalue weighted by atomic mass is 35.5. The number of hydrogen-bond acceptors (Lipinski definition) is 4. The molecule has 1 aliphatic carbocycles. The number of rotatable bonds is 8. The van der Waals surface area contributed by atoms with E-state index in [1.807, 2.05) is 12.1 Å². The van der Waals surface area contributed by atoms with E-state index in [2.05, 4.69) is 25.7 Å². The number of likely N-dealkylation sites (N-methyl/N-ethyl adjacent to an activating group) is 1. The van der Waals surface area contributed by atoms with Gasteiger partial charge in [-0.25, -0.2) is 4.79 Å². The van der Waals surface area contributed by atoms with Crippen molar-refractivity contribution in [3.63, 3.8) is 0 Å². The molecule has 0 amide bonds. The van der Waals surface area contributed by atoms with E-state index in [0.29, 0.717) is 24.1 Å². The summed E-state index contributed by atoms with van der Waals surface area (Å²) in [6, 6.07) is 5.92. The van der Waals surface area contributed by atoms with Gasteiger partial charge in [0.25, 0.3) is 0 Å². The molecule has 140 valence electrons. The molecular formula is C20H30ClNO3. The third-order valence-electron chi connectivity index (χ3n) is 5.11. The molecule has 0 N–H and O–H groups in total. The molecule has 0 spiro atoms. The zero-order valence-corrected chi connectivity index (χ0v) is 16.5. The number of alkyl halides is 1. The van der Waals surface area contributed by atoms with Gasteiger partial charge in [-0.15, -0.1) is 11.6 Å². The van der Waals surface area contributed by atoms with Gasteiger partial charge in [0.2, 0.25) is 0 Å². The highest BCUT2D eigenvalue weighted by Gasteiger charge is 2.38. The Hall–Kier alpha value is -1.26. The zero-order chi connectivity index (χ0) is 18.4. The van der Waals surface area contributed by atoms with E-state index in [0.717, 1.165) is 30.8 Å². The van der Waals surface area contributed by atoms with Crippen LogP contribution in [0.25, 0.3) is 0 Å². The molecule has 2 rings (SSSR count). The summed E-state index contributed by atoms with van der Waals surface area (Å²) < 4.78 is 11.4. The summed E-state index contributed by atoms with van der Waals surface area (Å²) >= 11 is 6.04. The van der Waals surface area contributed by atoms with Gasteiger partial charge >= 0.3 is 5.97 Å². The molecule has 1 aromatic carbocycles. The predicted octanol–water partition coefficient (Wildman–Crippen LogP) is 4.49. The molecule has 4 nitrogen and oxygen atoms in total. The van der Waals surface area contributed by atoms with E-state index in [9.17, 15) is 4.79 Å². The molecular weight excluding hydrogens is 338 g/mol. The number of carbonyl (C=O) groups is 1. The van der Waals surface area contributed by atoms with E-state index in [1.165, 1.54) is 6.42 Å². The predicted molar refractivity (Wildman–Crippen MR) is 101 cm³/mol. The van der Waals surface area contributed by atoms with Gasteiger partial charge in [-0.3, -0.25) is 4.90 Å². The maximum absolute atomic E-state index is 12.0. The van der Waals surface area contributed by atoms with Crippen LogP contribution < -0.4 is 4.74 Å². The standard InChI is InChI=1S/C20H30ClNO3/c1-5-22(6-2)19-14(4)8-11-18(19)25-16-9-10-17(15(12-16)13-21)20(23)24-7-3/h9-10,12,14,18-19H,5-8,11,13H2,1-4H3/t14-,18-,19-/m0/s1. The number of halogens is 1. The summed E-state index contributed by atoms with van der Waals surface area (Å²) in [6.07, 6.45) is 2.40. The fourth-order valence-electron chi connectivity index (χ4n) is 3.84. The average molecular weight is 368 g/mol. The topological polar surface area (TPSA) is 38.8 Å². The molecule has 0 saturated heterocycles. The lowest BCUT2D eigenvalue weighted by Gasteiger charge is -2.34. The van der Waals surface area contributed by atoms with E-state index in [1.54, 1.807) is 13.0 Å². The maximum atomic E-state index is 12.0. The minimum absolute atomic E-state index is 0.173. The van der Waals surface area contributed by atoms with Crippen LogP contribution in [-0.2, 0) is 10.6 Å². The number of ether oxygens (including phenoxy) is 2. The van der Waals surface area contributed by atoms with Crippen molar-refractivity contribution in [1.29, 1.82) is 0 Å². The lowest BCUT2D eigenvalue weighted by Crippen LogP contribution is -2.45. The number of hydrogen-bond donors (Lipinski definition) is 0. The van der Waals surface area contributed by atoms with Crippen LogP contribution in [0.2, 0.25) is 0 Å². The van der Waals surface area contributed by atoms with E-state index in [4.69, 9.17) is 21.1 Å². The Balaban J connectivity index is 2.17. The Bertz CT molecular complexity index is 574. The Kier molecular flexibility index (Phi) is 7.57. The van der Waals surface area contributed by atoms with Gasteiger partial charge in [-0.05, 0) is 62.5 Å². The van der Waals surface area contributed by atoms with Gasteiger partial charge in [-0.1, -0.05) is 20.8 Å². The van der Waals surface area contributed by atoms with Gasteiger partial charge in [-0.2, -0.15) is 0 Å². The van der Waals surface area contributed by atoms with Crippen molar-refractivity contribution < 1.29 is 14.3 Å². The largest absolute Gasteiger partial charge is 0.489 e. The summed E-state index contributed by atoms with van der Waals surface area (Å²) in [5, 5.41) is 0. The molecule has 25 heavy (non-hydrogen) atoms. The number of nitrogens with zero attached hydrogens (tertiary/aromatic N) is 1.